The molecule has 1 aromatic rings. The van der Waals surface area contributed by atoms with Crippen molar-refractivity contribution in [3.05, 3.63) is 18.0 Å². The highest BCUT2D eigenvalue weighted by Crippen LogP contribution is 2.22. The summed E-state index contributed by atoms with van der Waals surface area (Å²) in [6, 6.07) is 1.62. The van der Waals surface area contributed by atoms with Gasteiger partial charge in [-0.3, -0.25) is 0 Å². The van der Waals surface area contributed by atoms with Gasteiger partial charge in [-0.2, -0.15) is 4.31 Å². The largest absolute Gasteiger partial charge is 0.349 e. The maximum atomic E-state index is 12.5. The highest BCUT2D eigenvalue weighted by atomic mass is 32.2. The van der Waals surface area contributed by atoms with Crippen molar-refractivity contribution >= 4 is 10.0 Å². The van der Waals surface area contributed by atoms with Gasteiger partial charge < -0.3 is 10.3 Å². The molecule has 1 aromatic heterocycles. The third-order valence-electron chi connectivity index (χ3n) is 3.73. The van der Waals surface area contributed by atoms with Gasteiger partial charge in [-0.25, -0.2) is 8.42 Å². The van der Waals surface area contributed by atoms with Crippen molar-refractivity contribution in [2.45, 2.75) is 51.7 Å². The van der Waals surface area contributed by atoms with Crippen LogP contribution in [0.5, 0.6) is 0 Å². The Morgan fingerprint density at radius 3 is 2.32 bits per heavy atom. The molecule has 0 aromatic carbocycles. The van der Waals surface area contributed by atoms with Crippen LogP contribution in [-0.4, -0.2) is 30.4 Å². The molecule has 2 N–H and O–H groups in total. The van der Waals surface area contributed by atoms with E-state index in [9.17, 15) is 8.42 Å². The molecular formula is C13H25N3O2S. The van der Waals surface area contributed by atoms with Crippen molar-refractivity contribution < 1.29 is 8.42 Å². The molecule has 0 spiro atoms. The van der Waals surface area contributed by atoms with Gasteiger partial charge in [-0.05, 0) is 25.8 Å². The van der Waals surface area contributed by atoms with Crippen LogP contribution in [0.1, 0.15) is 33.4 Å². The molecule has 6 heteroatoms. The predicted molar refractivity (Wildman–Crippen MR) is 77.2 cm³/mol. The smallest absolute Gasteiger partial charge is 0.244 e. The Labute approximate surface area is 116 Å². The van der Waals surface area contributed by atoms with Gasteiger partial charge in [0.05, 0.1) is 0 Å². The first-order chi connectivity index (χ1) is 8.75. The Balaban J connectivity index is 3.16. The summed E-state index contributed by atoms with van der Waals surface area (Å²) in [4.78, 5) is 0.324. The maximum absolute atomic E-state index is 12.5. The van der Waals surface area contributed by atoms with E-state index in [4.69, 9.17) is 5.73 Å². The third-order valence-corrected chi connectivity index (χ3v) is 5.64. The van der Waals surface area contributed by atoms with Gasteiger partial charge >= 0.3 is 0 Å². The van der Waals surface area contributed by atoms with Crippen molar-refractivity contribution in [1.82, 2.24) is 8.87 Å². The van der Waals surface area contributed by atoms with E-state index in [0.717, 1.165) is 5.69 Å². The summed E-state index contributed by atoms with van der Waals surface area (Å²) in [5.41, 5.74) is 6.48. The second kappa shape index (κ2) is 6.07. The SMILES string of the molecule is CCn1cc(S(=O)(=O)N(C)C(C)C(C)C)cc1CN. The molecule has 0 aliphatic rings. The summed E-state index contributed by atoms with van der Waals surface area (Å²) in [7, 11) is -1.82. The Morgan fingerprint density at radius 1 is 1.37 bits per heavy atom. The molecule has 0 saturated heterocycles. The zero-order valence-electron chi connectivity index (χ0n) is 12.4. The maximum Gasteiger partial charge on any atom is 0.244 e. The second-order valence-corrected chi connectivity index (χ2v) is 7.16. The molecule has 0 aliphatic heterocycles. The lowest BCUT2D eigenvalue weighted by Gasteiger charge is -2.26. The molecule has 110 valence electrons. The molecule has 0 radical (unpaired) electrons. The molecule has 0 fully saturated rings. The third kappa shape index (κ3) is 3.19. The quantitative estimate of drug-likeness (QED) is 0.864. The van der Waals surface area contributed by atoms with Gasteiger partial charge in [-0.15, -0.1) is 0 Å². The topological polar surface area (TPSA) is 68.3 Å². The van der Waals surface area contributed by atoms with E-state index in [1.807, 2.05) is 32.3 Å². The van der Waals surface area contributed by atoms with E-state index in [2.05, 4.69) is 0 Å². The minimum absolute atomic E-state index is 0.0451. The van der Waals surface area contributed by atoms with E-state index >= 15 is 0 Å². The van der Waals surface area contributed by atoms with Crippen LogP contribution in [0.15, 0.2) is 17.2 Å². The second-order valence-electron chi connectivity index (χ2n) is 5.16. The van der Waals surface area contributed by atoms with E-state index in [-0.39, 0.29) is 12.0 Å². The molecule has 1 heterocycles. The van der Waals surface area contributed by atoms with Gasteiger partial charge in [0.1, 0.15) is 4.90 Å². The highest BCUT2D eigenvalue weighted by molar-refractivity contribution is 7.89. The van der Waals surface area contributed by atoms with Crippen molar-refractivity contribution in [2.24, 2.45) is 11.7 Å². The van der Waals surface area contributed by atoms with Crippen LogP contribution < -0.4 is 5.73 Å². The summed E-state index contributed by atoms with van der Waals surface area (Å²) >= 11 is 0. The average molecular weight is 287 g/mol. The number of hydrogen-bond acceptors (Lipinski definition) is 3. The summed E-state index contributed by atoms with van der Waals surface area (Å²) in [5.74, 6) is 0.266. The first-order valence-corrected chi connectivity index (χ1v) is 8.06. The highest BCUT2D eigenvalue weighted by Gasteiger charge is 2.28. The van der Waals surface area contributed by atoms with Crippen LogP contribution >= 0.6 is 0 Å². The predicted octanol–water partition coefficient (Wildman–Crippen LogP) is 1.63. The van der Waals surface area contributed by atoms with Crippen LogP contribution in [0.3, 0.4) is 0 Å². The fraction of sp³-hybridized carbons (Fsp3) is 0.692. The lowest BCUT2D eigenvalue weighted by atomic mass is 10.1. The number of nitrogens with two attached hydrogens (primary N) is 1. The first-order valence-electron chi connectivity index (χ1n) is 6.62. The number of aromatic nitrogens is 1. The van der Waals surface area contributed by atoms with E-state index in [1.165, 1.54) is 4.31 Å². The molecule has 1 rings (SSSR count). The Morgan fingerprint density at radius 2 is 1.95 bits per heavy atom. The van der Waals surface area contributed by atoms with E-state index in [0.29, 0.717) is 18.0 Å². The normalized spacial score (nSPS) is 14.3. The van der Waals surface area contributed by atoms with Crippen LogP contribution in [0.25, 0.3) is 0 Å². The van der Waals surface area contributed by atoms with E-state index in [1.54, 1.807) is 19.3 Å². The Hall–Kier alpha value is -0.850. The molecule has 1 unspecified atom stereocenters. The lowest BCUT2D eigenvalue weighted by Crippen LogP contribution is -2.38. The number of aryl methyl sites for hydroxylation is 1. The molecule has 1 atom stereocenters. The monoisotopic (exact) mass is 287 g/mol. The van der Waals surface area contributed by atoms with Crippen molar-refractivity contribution in [2.75, 3.05) is 7.05 Å². The van der Waals surface area contributed by atoms with Gasteiger partial charge in [0, 0.05) is 38.1 Å². The fourth-order valence-electron chi connectivity index (χ4n) is 1.94. The summed E-state index contributed by atoms with van der Waals surface area (Å²) in [6.45, 7) is 8.97. The fourth-order valence-corrected chi connectivity index (χ4v) is 3.50. The van der Waals surface area contributed by atoms with Crippen LogP contribution in [0.4, 0.5) is 0 Å². The van der Waals surface area contributed by atoms with Gasteiger partial charge in [0.25, 0.3) is 0 Å². The van der Waals surface area contributed by atoms with Crippen molar-refractivity contribution in [1.29, 1.82) is 0 Å². The zero-order chi connectivity index (χ0) is 14.8. The van der Waals surface area contributed by atoms with Crippen LogP contribution in [0.2, 0.25) is 0 Å². The van der Waals surface area contributed by atoms with Gasteiger partial charge in [0.15, 0.2) is 0 Å². The number of nitrogens with zero attached hydrogens (tertiary/aromatic N) is 2. The summed E-state index contributed by atoms with van der Waals surface area (Å²) in [5, 5.41) is 0. The molecule has 5 nitrogen and oxygen atoms in total. The van der Waals surface area contributed by atoms with Gasteiger partial charge in [-0.1, -0.05) is 13.8 Å². The molecule has 0 bridgehead atoms. The van der Waals surface area contributed by atoms with Crippen LogP contribution in [-0.2, 0) is 23.1 Å². The van der Waals surface area contributed by atoms with Crippen molar-refractivity contribution in [3.8, 4) is 0 Å². The van der Waals surface area contributed by atoms with Gasteiger partial charge in [0.2, 0.25) is 10.0 Å². The Bertz CT molecular complexity index is 498. The summed E-state index contributed by atoms with van der Waals surface area (Å²) < 4.78 is 28.4. The molecule has 0 aliphatic carbocycles. The Kier molecular flexibility index (Phi) is 5.18. The minimum Gasteiger partial charge on any atom is -0.349 e. The molecular weight excluding hydrogens is 262 g/mol. The molecule has 0 amide bonds. The molecule has 0 saturated carbocycles. The number of sulfonamides is 1. The lowest BCUT2D eigenvalue weighted by molar-refractivity contribution is 0.316. The first kappa shape index (κ1) is 16.2. The van der Waals surface area contributed by atoms with Crippen molar-refractivity contribution in [3.63, 3.8) is 0 Å². The van der Waals surface area contributed by atoms with E-state index < -0.39 is 10.0 Å². The standard InChI is InChI=1S/C13H25N3O2S/c1-6-16-9-13(7-12(16)8-14)19(17,18)15(5)11(4)10(2)3/h7,9-11H,6,8,14H2,1-5H3. The minimum atomic E-state index is -3.45. The zero-order valence-corrected chi connectivity index (χ0v) is 13.2. The summed E-state index contributed by atoms with van der Waals surface area (Å²) in [6.07, 6.45) is 1.67. The number of hydrogen-bond donors (Lipinski definition) is 1. The average Bonchev–Trinajstić information content (AvgIpc) is 2.80. The number of rotatable bonds is 6. The van der Waals surface area contributed by atoms with Crippen LogP contribution in [0, 0.1) is 5.92 Å². The molecule has 19 heavy (non-hydrogen) atoms.